The summed E-state index contributed by atoms with van der Waals surface area (Å²) >= 11 is 0. The lowest BCUT2D eigenvalue weighted by Gasteiger charge is -2.11. The molecule has 2 rings (SSSR count). The molecule has 1 aromatic rings. The summed E-state index contributed by atoms with van der Waals surface area (Å²) in [7, 11) is 0. The lowest BCUT2D eigenvalue weighted by Crippen LogP contribution is -2.14. The van der Waals surface area contributed by atoms with Crippen molar-refractivity contribution < 1.29 is 14.3 Å². The van der Waals surface area contributed by atoms with Gasteiger partial charge in [0.25, 0.3) is 0 Å². The van der Waals surface area contributed by atoms with E-state index < -0.39 is 11.8 Å². The van der Waals surface area contributed by atoms with E-state index in [9.17, 15) is 9.18 Å². The van der Waals surface area contributed by atoms with Gasteiger partial charge in [-0.2, -0.15) is 0 Å². The Morgan fingerprint density at radius 3 is 2.93 bits per heavy atom. The second-order valence-corrected chi connectivity index (χ2v) is 3.69. The Balaban J connectivity index is 2.33. The average molecular weight is 209 g/mol. The van der Waals surface area contributed by atoms with Gasteiger partial charge in [0.15, 0.2) is 0 Å². The SMILES string of the molecule is O=C(O)c1cc(C2CCCN2)ccc1F. The highest BCUT2D eigenvalue weighted by Crippen LogP contribution is 2.24. The van der Waals surface area contributed by atoms with E-state index in [1.807, 2.05) is 0 Å². The largest absolute Gasteiger partial charge is 0.478 e. The van der Waals surface area contributed by atoms with Crippen molar-refractivity contribution >= 4 is 5.97 Å². The molecule has 0 spiro atoms. The zero-order valence-corrected chi connectivity index (χ0v) is 8.16. The van der Waals surface area contributed by atoms with Crippen molar-refractivity contribution in [3.63, 3.8) is 0 Å². The first-order valence-electron chi connectivity index (χ1n) is 4.94. The molecule has 4 heteroatoms. The first-order valence-corrected chi connectivity index (χ1v) is 4.94. The number of hydrogen-bond acceptors (Lipinski definition) is 2. The standard InChI is InChI=1S/C11H12FNO2/c12-9-4-3-7(6-8(9)11(14)15)10-2-1-5-13-10/h3-4,6,10,13H,1-2,5H2,(H,14,15). The van der Waals surface area contributed by atoms with Gasteiger partial charge in [-0.1, -0.05) is 6.07 Å². The summed E-state index contributed by atoms with van der Waals surface area (Å²) in [5, 5.41) is 12.0. The van der Waals surface area contributed by atoms with Crippen LogP contribution in [0.15, 0.2) is 18.2 Å². The van der Waals surface area contributed by atoms with Gasteiger partial charge in [0.1, 0.15) is 5.82 Å². The van der Waals surface area contributed by atoms with Crippen molar-refractivity contribution in [1.29, 1.82) is 0 Å². The summed E-state index contributed by atoms with van der Waals surface area (Å²) in [6.07, 6.45) is 2.05. The van der Waals surface area contributed by atoms with Crippen molar-refractivity contribution in [2.45, 2.75) is 18.9 Å². The molecule has 80 valence electrons. The van der Waals surface area contributed by atoms with Crippen LogP contribution < -0.4 is 5.32 Å². The quantitative estimate of drug-likeness (QED) is 0.782. The molecule has 0 amide bonds. The maximum atomic E-state index is 13.1. The fraction of sp³-hybridized carbons (Fsp3) is 0.364. The number of aromatic carboxylic acids is 1. The molecule has 0 saturated carbocycles. The summed E-state index contributed by atoms with van der Waals surface area (Å²) in [6.45, 7) is 0.935. The molecule has 1 saturated heterocycles. The van der Waals surface area contributed by atoms with Crippen molar-refractivity contribution in [2.24, 2.45) is 0 Å². The molecule has 0 aliphatic carbocycles. The number of carboxylic acid groups (broad SMARTS) is 1. The van der Waals surface area contributed by atoms with Gasteiger partial charge < -0.3 is 10.4 Å². The molecule has 2 N–H and O–H groups in total. The summed E-state index contributed by atoms with van der Waals surface area (Å²) in [5.41, 5.74) is 0.604. The number of hydrogen-bond donors (Lipinski definition) is 2. The molecular formula is C11H12FNO2. The van der Waals surface area contributed by atoms with E-state index in [1.54, 1.807) is 6.07 Å². The van der Waals surface area contributed by atoms with Crippen molar-refractivity contribution in [2.75, 3.05) is 6.54 Å². The highest BCUT2D eigenvalue weighted by atomic mass is 19.1. The Hall–Kier alpha value is -1.42. The van der Waals surface area contributed by atoms with Gasteiger partial charge in [-0.3, -0.25) is 0 Å². The fourth-order valence-electron chi connectivity index (χ4n) is 1.89. The van der Waals surface area contributed by atoms with Crippen LogP contribution in [0, 0.1) is 5.82 Å². The lowest BCUT2D eigenvalue weighted by molar-refractivity contribution is 0.0691. The minimum Gasteiger partial charge on any atom is -0.478 e. The van der Waals surface area contributed by atoms with E-state index in [1.165, 1.54) is 12.1 Å². The van der Waals surface area contributed by atoms with E-state index in [2.05, 4.69) is 5.32 Å². The van der Waals surface area contributed by atoms with Crippen molar-refractivity contribution in [1.82, 2.24) is 5.32 Å². The van der Waals surface area contributed by atoms with Gasteiger partial charge >= 0.3 is 5.97 Å². The molecule has 1 aromatic carbocycles. The average Bonchev–Trinajstić information content (AvgIpc) is 2.71. The van der Waals surface area contributed by atoms with Crippen LogP contribution in [0.25, 0.3) is 0 Å². The molecule has 1 unspecified atom stereocenters. The molecule has 0 bridgehead atoms. The molecule has 0 aromatic heterocycles. The molecule has 3 nitrogen and oxygen atoms in total. The van der Waals surface area contributed by atoms with E-state index in [0.29, 0.717) is 0 Å². The van der Waals surface area contributed by atoms with E-state index in [-0.39, 0.29) is 11.6 Å². The van der Waals surface area contributed by atoms with Crippen LogP contribution in [-0.2, 0) is 0 Å². The molecule has 1 atom stereocenters. The van der Waals surface area contributed by atoms with Crippen LogP contribution in [0.4, 0.5) is 4.39 Å². The Labute approximate surface area is 86.9 Å². The summed E-state index contributed by atoms with van der Waals surface area (Å²) in [5.74, 6) is -1.89. The van der Waals surface area contributed by atoms with Gasteiger partial charge in [-0.05, 0) is 37.1 Å². The second kappa shape index (κ2) is 3.98. The molecule has 1 fully saturated rings. The van der Waals surface area contributed by atoms with E-state index in [4.69, 9.17) is 5.11 Å². The van der Waals surface area contributed by atoms with Gasteiger partial charge in [0.2, 0.25) is 0 Å². The maximum Gasteiger partial charge on any atom is 0.338 e. The zero-order chi connectivity index (χ0) is 10.8. The third kappa shape index (κ3) is 1.99. The monoisotopic (exact) mass is 209 g/mol. The summed E-state index contributed by atoms with van der Waals surface area (Å²) in [6, 6.07) is 4.45. The molecule has 1 aliphatic rings. The first-order chi connectivity index (χ1) is 7.18. The third-order valence-corrected chi connectivity index (χ3v) is 2.68. The number of nitrogens with one attached hydrogen (secondary N) is 1. The van der Waals surface area contributed by atoms with Gasteiger partial charge in [-0.25, -0.2) is 9.18 Å². The molecule has 1 aliphatic heterocycles. The van der Waals surface area contributed by atoms with Gasteiger partial charge in [0.05, 0.1) is 5.56 Å². The number of halogens is 1. The third-order valence-electron chi connectivity index (χ3n) is 2.68. The van der Waals surface area contributed by atoms with Crippen LogP contribution >= 0.6 is 0 Å². The molecule has 15 heavy (non-hydrogen) atoms. The predicted molar refractivity (Wildman–Crippen MR) is 53.3 cm³/mol. The second-order valence-electron chi connectivity index (χ2n) is 3.69. The zero-order valence-electron chi connectivity index (χ0n) is 8.16. The van der Waals surface area contributed by atoms with Crippen LogP contribution in [-0.4, -0.2) is 17.6 Å². The van der Waals surface area contributed by atoms with Crippen LogP contribution in [0.1, 0.15) is 34.8 Å². The van der Waals surface area contributed by atoms with E-state index >= 15 is 0 Å². The Kier molecular flexibility index (Phi) is 2.68. The Morgan fingerprint density at radius 2 is 2.33 bits per heavy atom. The number of carboxylic acids is 1. The van der Waals surface area contributed by atoms with Crippen molar-refractivity contribution in [3.05, 3.63) is 35.1 Å². The minimum atomic E-state index is -1.22. The molecule has 1 heterocycles. The van der Waals surface area contributed by atoms with Crippen LogP contribution in [0.2, 0.25) is 0 Å². The molecule has 0 radical (unpaired) electrons. The van der Waals surface area contributed by atoms with Gasteiger partial charge in [0, 0.05) is 6.04 Å². The number of carbonyl (C=O) groups is 1. The molecular weight excluding hydrogens is 197 g/mol. The highest BCUT2D eigenvalue weighted by molar-refractivity contribution is 5.88. The minimum absolute atomic E-state index is 0.170. The lowest BCUT2D eigenvalue weighted by atomic mass is 10.0. The van der Waals surface area contributed by atoms with Crippen LogP contribution in [0.3, 0.4) is 0 Å². The summed E-state index contributed by atoms with van der Waals surface area (Å²) in [4.78, 5) is 10.7. The van der Waals surface area contributed by atoms with Crippen molar-refractivity contribution in [3.8, 4) is 0 Å². The maximum absolute atomic E-state index is 13.1. The Morgan fingerprint density at radius 1 is 1.53 bits per heavy atom. The smallest absolute Gasteiger partial charge is 0.338 e. The fourth-order valence-corrected chi connectivity index (χ4v) is 1.89. The topological polar surface area (TPSA) is 49.3 Å². The van der Waals surface area contributed by atoms with E-state index in [0.717, 1.165) is 24.9 Å². The van der Waals surface area contributed by atoms with Crippen LogP contribution in [0.5, 0.6) is 0 Å². The first kappa shape index (κ1) is 10.1. The normalized spacial score (nSPS) is 20.5. The predicted octanol–water partition coefficient (Wildman–Crippen LogP) is 1.95. The highest BCUT2D eigenvalue weighted by Gasteiger charge is 2.19. The number of benzene rings is 1. The Bertz CT molecular complexity index is 386. The van der Waals surface area contributed by atoms with Gasteiger partial charge in [-0.15, -0.1) is 0 Å². The summed E-state index contributed by atoms with van der Waals surface area (Å²) < 4.78 is 13.1. The number of rotatable bonds is 2.